The Balaban J connectivity index is 3.89. The largest absolute Gasteiger partial charge is 0.133 e. The molecule has 0 saturated carbocycles. The van der Waals surface area contributed by atoms with Gasteiger partial charge in [-0.15, -0.1) is 0 Å². The first-order chi connectivity index (χ1) is 3.42. The zero-order chi connectivity index (χ0) is 6.78. The van der Waals surface area contributed by atoms with E-state index in [2.05, 4.69) is 0 Å². The molecule has 0 bridgehead atoms. The van der Waals surface area contributed by atoms with Gasteiger partial charge in [-0.2, -0.15) is 0 Å². The van der Waals surface area contributed by atoms with Gasteiger partial charge in [0.2, 0.25) is 0 Å². The van der Waals surface area contributed by atoms with Gasteiger partial charge in [0, 0.05) is 0 Å². The molecular formula is C6H10Cl2. The molecule has 0 aliphatic rings. The highest BCUT2D eigenvalue weighted by Crippen LogP contribution is 2.22. The fraction of sp³-hybridized carbons (Fsp3) is 0.667. The molecule has 8 heavy (non-hydrogen) atoms. The Kier molecular flexibility index (Phi) is 2.86. The summed E-state index contributed by atoms with van der Waals surface area (Å²) < 4.78 is -0.696. The molecule has 0 amide bonds. The number of rotatable bonds is 1. The SMILES string of the molecule is CC(C)=CC(C)(Cl)Cl. The first-order valence-electron chi connectivity index (χ1n) is 2.46. The van der Waals surface area contributed by atoms with E-state index >= 15 is 0 Å². The maximum atomic E-state index is 5.62. The summed E-state index contributed by atoms with van der Waals surface area (Å²) in [5, 5.41) is 0. The molecule has 0 unspecified atom stereocenters. The molecule has 0 atom stereocenters. The summed E-state index contributed by atoms with van der Waals surface area (Å²) in [5.41, 5.74) is 1.14. The zero-order valence-corrected chi connectivity index (χ0v) is 6.85. The van der Waals surface area contributed by atoms with Crippen molar-refractivity contribution in [3.63, 3.8) is 0 Å². The van der Waals surface area contributed by atoms with Crippen LogP contribution in [-0.4, -0.2) is 4.33 Å². The van der Waals surface area contributed by atoms with Crippen LogP contribution in [0.25, 0.3) is 0 Å². The molecule has 0 heterocycles. The lowest BCUT2D eigenvalue weighted by Crippen LogP contribution is -1.99. The van der Waals surface area contributed by atoms with Gasteiger partial charge in [-0.05, 0) is 20.8 Å². The third-order valence-corrected chi connectivity index (χ3v) is 0.760. The molecule has 0 aliphatic heterocycles. The number of hydrogen-bond acceptors (Lipinski definition) is 0. The van der Waals surface area contributed by atoms with E-state index in [4.69, 9.17) is 23.2 Å². The number of halogens is 2. The Bertz CT molecular complexity index is 93.6. The monoisotopic (exact) mass is 152 g/mol. The van der Waals surface area contributed by atoms with Crippen LogP contribution in [0.15, 0.2) is 11.6 Å². The Morgan fingerprint density at radius 2 is 1.75 bits per heavy atom. The van der Waals surface area contributed by atoms with Gasteiger partial charge in [0.05, 0.1) is 0 Å². The van der Waals surface area contributed by atoms with Crippen LogP contribution in [0.2, 0.25) is 0 Å². The van der Waals surface area contributed by atoms with E-state index in [0.29, 0.717) is 0 Å². The molecule has 0 nitrogen and oxygen atoms in total. The van der Waals surface area contributed by atoms with Gasteiger partial charge in [-0.3, -0.25) is 0 Å². The molecule has 0 rings (SSSR count). The summed E-state index contributed by atoms with van der Waals surface area (Å²) in [4.78, 5) is 0. The van der Waals surface area contributed by atoms with Crippen molar-refractivity contribution in [3.8, 4) is 0 Å². The molecule has 48 valence electrons. The molecule has 0 saturated heterocycles. The van der Waals surface area contributed by atoms with Crippen LogP contribution in [-0.2, 0) is 0 Å². The Morgan fingerprint density at radius 3 is 1.75 bits per heavy atom. The second-order valence-corrected chi connectivity index (χ2v) is 3.94. The summed E-state index contributed by atoms with van der Waals surface area (Å²) in [6, 6.07) is 0. The predicted molar refractivity (Wildman–Crippen MR) is 39.5 cm³/mol. The van der Waals surface area contributed by atoms with Crippen LogP contribution < -0.4 is 0 Å². The van der Waals surface area contributed by atoms with Crippen molar-refractivity contribution in [3.05, 3.63) is 11.6 Å². The molecule has 0 radical (unpaired) electrons. The highest BCUT2D eigenvalue weighted by atomic mass is 35.5. The fourth-order valence-corrected chi connectivity index (χ4v) is 0.943. The van der Waals surface area contributed by atoms with Crippen molar-refractivity contribution < 1.29 is 0 Å². The number of allylic oxidation sites excluding steroid dienone is 2. The third kappa shape index (κ3) is 6.32. The summed E-state index contributed by atoms with van der Waals surface area (Å²) in [6.45, 7) is 5.66. The van der Waals surface area contributed by atoms with Crippen molar-refractivity contribution in [2.75, 3.05) is 0 Å². The Morgan fingerprint density at radius 1 is 1.38 bits per heavy atom. The maximum Gasteiger partial charge on any atom is 0.133 e. The normalized spacial score (nSPS) is 11.1. The van der Waals surface area contributed by atoms with Gasteiger partial charge in [0.1, 0.15) is 4.33 Å². The van der Waals surface area contributed by atoms with Crippen LogP contribution in [0.3, 0.4) is 0 Å². The molecule has 0 N–H and O–H groups in total. The van der Waals surface area contributed by atoms with Crippen LogP contribution >= 0.6 is 23.2 Å². The van der Waals surface area contributed by atoms with Gasteiger partial charge in [-0.25, -0.2) is 0 Å². The minimum Gasteiger partial charge on any atom is -0.0973 e. The van der Waals surface area contributed by atoms with E-state index in [-0.39, 0.29) is 0 Å². The summed E-state index contributed by atoms with van der Waals surface area (Å²) in [5.74, 6) is 0. The number of hydrogen-bond donors (Lipinski definition) is 0. The molecule has 0 aliphatic carbocycles. The lowest BCUT2D eigenvalue weighted by atomic mass is 10.3. The van der Waals surface area contributed by atoms with Crippen LogP contribution in [0.5, 0.6) is 0 Å². The minimum absolute atomic E-state index is 0.696. The average Bonchev–Trinajstić information content (AvgIpc) is 1.21. The molecule has 0 aromatic heterocycles. The minimum atomic E-state index is -0.696. The van der Waals surface area contributed by atoms with Crippen molar-refractivity contribution in [1.29, 1.82) is 0 Å². The highest BCUT2D eigenvalue weighted by Gasteiger charge is 2.10. The van der Waals surface area contributed by atoms with E-state index in [1.807, 2.05) is 13.8 Å². The standard InChI is InChI=1S/C6H10Cl2/c1-5(2)4-6(3,7)8/h4H,1-3H3. The topological polar surface area (TPSA) is 0 Å². The maximum absolute atomic E-state index is 5.62. The fourth-order valence-electron chi connectivity index (χ4n) is 0.507. The van der Waals surface area contributed by atoms with E-state index < -0.39 is 4.33 Å². The van der Waals surface area contributed by atoms with Gasteiger partial charge in [0.15, 0.2) is 0 Å². The molecule has 0 aromatic rings. The zero-order valence-electron chi connectivity index (χ0n) is 5.33. The molecular weight excluding hydrogens is 143 g/mol. The first-order valence-corrected chi connectivity index (χ1v) is 3.21. The second-order valence-electron chi connectivity index (χ2n) is 2.18. The van der Waals surface area contributed by atoms with Gasteiger partial charge in [0.25, 0.3) is 0 Å². The van der Waals surface area contributed by atoms with Crippen molar-refractivity contribution in [1.82, 2.24) is 0 Å². The predicted octanol–water partition coefficient (Wildman–Crippen LogP) is 3.15. The molecule has 0 fully saturated rings. The average molecular weight is 153 g/mol. The Labute approximate surface area is 60.5 Å². The summed E-state index contributed by atoms with van der Waals surface area (Å²) >= 11 is 11.2. The van der Waals surface area contributed by atoms with E-state index in [1.165, 1.54) is 0 Å². The van der Waals surface area contributed by atoms with Crippen LogP contribution in [0, 0.1) is 0 Å². The summed E-state index contributed by atoms with van der Waals surface area (Å²) in [6.07, 6.45) is 1.80. The van der Waals surface area contributed by atoms with Crippen LogP contribution in [0.4, 0.5) is 0 Å². The van der Waals surface area contributed by atoms with Gasteiger partial charge < -0.3 is 0 Å². The molecule has 0 spiro atoms. The van der Waals surface area contributed by atoms with Crippen molar-refractivity contribution >= 4 is 23.2 Å². The second kappa shape index (κ2) is 2.75. The molecule has 2 heteroatoms. The quantitative estimate of drug-likeness (QED) is 0.401. The smallest absolute Gasteiger partial charge is 0.0973 e. The lowest BCUT2D eigenvalue weighted by Gasteiger charge is -2.05. The Hall–Kier alpha value is 0.320. The van der Waals surface area contributed by atoms with Crippen molar-refractivity contribution in [2.45, 2.75) is 25.1 Å². The highest BCUT2D eigenvalue weighted by molar-refractivity contribution is 6.49. The lowest BCUT2D eigenvalue weighted by molar-refractivity contribution is 1.09. The van der Waals surface area contributed by atoms with Crippen LogP contribution in [0.1, 0.15) is 20.8 Å². The van der Waals surface area contributed by atoms with Gasteiger partial charge >= 0.3 is 0 Å². The summed E-state index contributed by atoms with van der Waals surface area (Å²) in [7, 11) is 0. The van der Waals surface area contributed by atoms with E-state index in [9.17, 15) is 0 Å². The first kappa shape index (κ1) is 8.32. The van der Waals surface area contributed by atoms with Crippen molar-refractivity contribution in [2.24, 2.45) is 0 Å². The third-order valence-electron chi connectivity index (χ3n) is 0.542. The van der Waals surface area contributed by atoms with E-state index in [1.54, 1.807) is 13.0 Å². The van der Waals surface area contributed by atoms with E-state index in [0.717, 1.165) is 5.57 Å². The number of alkyl halides is 2. The van der Waals surface area contributed by atoms with Gasteiger partial charge in [-0.1, -0.05) is 34.9 Å². The molecule has 0 aromatic carbocycles.